The summed E-state index contributed by atoms with van der Waals surface area (Å²) in [5.41, 5.74) is 1.75. The third-order valence-corrected chi connectivity index (χ3v) is 2.59. The number of carboxylic acids is 1. The fourth-order valence-electron chi connectivity index (χ4n) is 1.80. The number of nitrogens with one attached hydrogen (secondary N) is 1. The number of carboxylic acid groups (broad SMARTS) is 1. The summed E-state index contributed by atoms with van der Waals surface area (Å²) in [6.45, 7) is 5.80. The molecule has 1 aromatic heterocycles. The van der Waals surface area contributed by atoms with E-state index in [0.29, 0.717) is 0 Å². The normalized spacial score (nSPS) is 14.6. The predicted molar refractivity (Wildman–Crippen MR) is 60.7 cm³/mol. The third kappa shape index (κ3) is 3.83. The number of aromatic nitrogens is 1. The molecule has 0 bridgehead atoms. The van der Waals surface area contributed by atoms with Gasteiger partial charge in [0.05, 0.1) is 18.2 Å². The van der Waals surface area contributed by atoms with Gasteiger partial charge in [-0.3, -0.25) is 4.79 Å². The molecule has 96 valence electrons. The van der Waals surface area contributed by atoms with E-state index in [1.165, 1.54) is 0 Å². The molecule has 1 rings (SSSR count). The summed E-state index contributed by atoms with van der Waals surface area (Å²) in [4.78, 5) is 10.4. The standard InChI is InChI=1S/C11H18N2O4/c1-6(11-7(2)13-17-8(11)3)12-5-9(14)4-10(15)16/h6,9,12,14H,4-5H2,1-3H3,(H,15,16). The minimum Gasteiger partial charge on any atom is -0.481 e. The van der Waals surface area contributed by atoms with Gasteiger partial charge in [0.25, 0.3) is 0 Å². The molecule has 0 amide bonds. The Kier molecular flexibility index (Phi) is 4.65. The summed E-state index contributed by atoms with van der Waals surface area (Å²) in [6, 6.07) is -0.0373. The van der Waals surface area contributed by atoms with Gasteiger partial charge in [0.15, 0.2) is 0 Å². The Labute approximate surface area is 99.6 Å². The first-order valence-corrected chi connectivity index (χ1v) is 5.47. The topological polar surface area (TPSA) is 95.6 Å². The lowest BCUT2D eigenvalue weighted by molar-refractivity contribution is -0.139. The van der Waals surface area contributed by atoms with Crippen molar-refractivity contribution in [2.75, 3.05) is 6.54 Å². The second-order valence-corrected chi connectivity index (χ2v) is 4.12. The van der Waals surface area contributed by atoms with Gasteiger partial charge in [0.1, 0.15) is 5.76 Å². The van der Waals surface area contributed by atoms with Crippen molar-refractivity contribution in [3.05, 3.63) is 17.0 Å². The highest BCUT2D eigenvalue weighted by atomic mass is 16.5. The van der Waals surface area contributed by atoms with Crippen LogP contribution in [-0.2, 0) is 4.79 Å². The quantitative estimate of drug-likeness (QED) is 0.682. The highest BCUT2D eigenvalue weighted by Crippen LogP contribution is 2.20. The number of aliphatic hydroxyl groups is 1. The van der Waals surface area contributed by atoms with Crippen LogP contribution in [0.1, 0.15) is 36.4 Å². The van der Waals surface area contributed by atoms with Gasteiger partial charge in [-0.15, -0.1) is 0 Å². The first kappa shape index (κ1) is 13.7. The number of carbonyl (C=O) groups is 1. The zero-order valence-electron chi connectivity index (χ0n) is 10.2. The van der Waals surface area contributed by atoms with Gasteiger partial charge in [-0.1, -0.05) is 5.16 Å². The smallest absolute Gasteiger partial charge is 0.306 e. The fraction of sp³-hybridized carbons (Fsp3) is 0.636. The van der Waals surface area contributed by atoms with Crippen LogP contribution in [0.15, 0.2) is 4.52 Å². The predicted octanol–water partition coefficient (Wildman–Crippen LogP) is 0.778. The van der Waals surface area contributed by atoms with Crippen molar-refractivity contribution in [1.29, 1.82) is 0 Å². The SMILES string of the molecule is Cc1noc(C)c1C(C)NCC(O)CC(=O)O. The molecule has 0 aliphatic heterocycles. The lowest BCUT2D eigenvalue weighted by Gasteiger charge is -2.16. The summed E-state index contributed by atoms with van der Waals surface area (Å²) < 4.78 is 5.04. The molecule has 0 aliphatic rings. The zero-order chi connectivity index (χ0) is 13.0. The van der Waals surface area contributed by atoms with E-state index in [1.807, 2.05) is 20.8 Å². The second kappa shape index (κ2) is 5.79. The Balaban J connectivity index is 2.50. The van der Waals surface area contributed by atoms with Crippen LogP contribution in [0.5, 0.6) is 0 Å². The van der Waals surface area contributed by atoms with Crippen LogP contribution >= 0.6 is 0 Å². The average Bonchev–Trinajstić information content (AvgIpc) is 2.54. The number of nitrogens with zero attached hydrogens (tertiary/aromatic N) is 1. The van der Waals surface area contributed by atoms with E-state index in [-0.39, 0.29) is 19.0 Å². The van der Waals surface area contributed by atoms with Crippen LogP contribution in [0, 0.1) is 13.8 Å². The van der Waals surface area contributed by atoms with E-state index in [1.54, 1.807) is 0 Å². The molecule has 17 heavy (non-hydrogen) atoms. The monoisotopic (exact) mass is 242 g/mol. The van der Waals surface area contributed by atoms with E-state index in [2.05, 4.69) is 10.5 Å². The summed E-state index contributed by atoms with van der Waals surface area (Å²) >= 11 is 0. The third-order valence-electron chi connectivity index (χ3n) is 2.59. The Hall–Kier alpha value is -1.40. The fourth-order valence-corrected chi connectivity index (χ4v) is 1.80. The number of rotatable bonds is 6. The van der Waals surface area contributed by atoms with Crippen molar-refractivity contribution in [3.8, 4) is 0 Å². The van der Waals surface area contributed by atoms with Crippen molar-refractivity contribution in [2.24, 2.45) is 0 Å². The van der Waals surface area contributed by atoms with Crippen LogP contribution in [0.3, 0.4) is 0 Å². The van der Waals surface area contributed by atoms with Gasteiger partial charge in [0.2, 0.25) is 0 Å². The van der Waals surface area contributed by atoms with E-state index in [9.17, 15) is 9.90 Å². The molecule has 0 saturated heterocycles. The van der Waals surface area contributed by atoms with Gasteiger partial charge in [-0.05, 0) is 20.8 Å². The summed E-state index contributed by atoms with van der Waals surface area (Å²) in [7, 11) is 0. The first-order valence-electron chi connectivity index (χ1n) is 5.47. The van der Waals surface area contributed by atoms with Crippen molar-refractivity contribution in [1.82, 2.24) is 10.5 Å². The molecule has 1 aromatic rings. The van der Waals surface area contributed by atoms with Gasteiger partial charge >= 0.3 is 5.97 Å². The van der Waals surface area contributed by atoms with E-state index >= 15 is 0 Å². The van der Waals surface area contributed by atoms with Gasteiger partial charge < -0.3 is 20.1 Å². The zero-order valence-corrected chi connectivity index (χ0v) is 10.2. The maximum Gasteiger partial charge on any atom is 0.306 e. The Morgan fingerprint density at radius 1 is 1.53 bits per heavy atom. The van der Waals surface area contributed by atoms with Crippen LogP contribution < -0.4 is 5.32 Å². The van der Waals surface area contributed by atoms with E-state index < -0.39 is 12.1 Å². The summed E-state index contributed by atoms with van der Waals surface area (Å²) in [6.07, 6.45) is -1.16. The molecule has 3 N–H and O–H groups in total. The molecule has 2 unspecified atom stereocenters. The van der Waals surface area contributed by atoms with Gasteiger partial charge in [-0.2, -0.15) is 0 Å². The van der Waals surface area contributed by atoms with Gasteiger partial charge in [0, 0.05) is 18.2 Å². The van der Waals surface area contributed by atoms with Crippen molar-refractivity contribution >= 4 is 5.97 Å². The molecule has 0 aliphatic carbocycles. The minimum absolute atomic E-state index is 0.0373. The van der Waals surface area contributed by atoms with Crippen LogP contribution in [-0.4, -0.2) is 34.0 Å². The molecule has 6 nitrogen and oxygen atoms in total. The second-order valence-electron chi connectivity index (χ2n) is 4.12. The van der Waals surface area contributed by atoms with E-state index in [4.69, 9.17) is 9.63 Å². The average molecular weight is 242 g/mol. The summed E-state index contributed by atoms with van der Waals surface area (Å²) in [5, 5.41) is 24.8. The molecule has 0 fully saturated rings. The van der Waals surface area contributed by atoms with Crippen molar-refractivity contribution in [3.63, 3.8) is 0 Å². The highest BCUT2D eigenvalue weighted by Gasteiger charge is 2.17. The number of aliphatic hydroxyl groups excluding tert-OH is 1. The van der Waals surface area contributed by atoms with Crippen LogP contribution in [0.25, 0.3) is 0 Å². The minimum atomic E-state index is -1.01. The lowest BCUT2D eigenvalue weighted by atomic mass is 10.1. The van der Waals surface area contributed by atoms with E-state index in [0.717, 1.165) is 17.0 Å². The number of hydrogen-bond acceptors (Lipinski definition) is 5. The summed E-state index contributed by atoms with van der Waals surface area (Å²) in [5.74, 6) is -0.278. The maximum atomic E-state index is 10.4. The molecule has 1 heterocycles. The number of aliphatic carboxylic acids is 1. The number of aryl methyl sites for hydroxylation is 2. The first-order chi connectivity index (χ1) is 7.91. The largest absolute Gasteiger partial charge is 0.481 e. The Bertz CT molecular complexity index is 369. The molecule has 0 saturated carbocycles. The van der Waals surface area contributed by atoms with Crippen LogP contribution in [0.2, 0.25) is 0 Å². The molecule has 0 spiro atoms. The highest BCUT2D eigenvalue weighted by molar-refractivity contribution is 5.67. The maximum absolute atomic E-state index is 10.4. The lowest BCUT2D eigenvalue weighted by Crippen LogP contribution is -2.31. The molecule has 0 aromatic carbocycles. The Morgan fingerprint density at radius 3 is 2.65 bits per heavy atom. The molecule has 6 heteroatoms. The molecule has 0 radical (unpaired) electrons. The molecular formula is C11H18N2O4. The van der Waals surface area contributed by atoms with Gasteiger partial charge in [-0.25, -0.2) is 0 Å². The van der Waals surface area contributed by atoms with Crippen LogP contribution in [0.4, 0.5) is 0 Å². The Morgan fingerprint density at radius 2 is 2.18 bits per heavy atom. The number of hydrogen-bond donors (Lipinski definition) is 3. The molecular weight excluding hydrogens is 224 g/mol. The van der Waals surface area contributed by atoms with Crippen molar-refractivity contribution < 1.29 is 19.5 Å². The molecule has 2 atom stereocenters. The van der Waals surface area contributed by atoms with Crippen molar-refractivity contribution in [2.45, 2.75) is 39.3 Å².